The number of furan rings is 1. The molecule has 0 aliphatic carbocycles. The second kappa shape index (κ2) is 9.58. The Morgan fingerprint density at radius 3 is 2.47 bits per heavy atom. The Kier molecular flexibility index (Phi) is 6.89. The molecule has 1 amide bonds. The van der Waals surface area contributed by atoms with E-state index in [-0.39, 0.29) is 10.7 Å². The summed E-state index contributed by atoms with van der Waals surface area (Å²) in [5, 5.41) is 15.0. The first-order chi connectivity index (χ1) is 14.3. The van der Waals surface area contributed by atoms with Crippen LogP contribution in [-0.2, 0) is 4.79 Å². The average Bonchev–Trinajstić information content (AvgIpc) is 3.17. The molecule has 3 N–H and O–H groups in total. The Morgan fingerprint density at radius 1 is 1.03 bits per heavy atom. The first-order valence-electron chi connectivity index (χ1n) is 8.51. The maximum absolute atomic E-state index is 12.1. The van der Waals surface area contributed by atoms with Gasteiger partial charge in [0.15, 0.2) is 5.11 Å². The Hall–Kier alpha value is -3.13. The van der Waals surface area contributed by atoms with Gasteiger partial charge in [0.05, 0.1) is 15.6 Å². The molecule has 30 heavy (non-hydrogen) atoms. The minimum Gasteiger partial charge on any atom is -0.478 e. The van der Waals surface area contributed by atoms with Crippen LogP contribution in [0, 0.1) is 0 Å². The number of aromatic carboxylic acids is 1. The lowest BCUT2D eigenvalue weighted by molar-refractivity contribution is -0.115. The summed E-state index contributed by atoms with van der Waals surface area (Å²) in [6.45, 7) is 0. The van der Waals surface area contributed by atoms with E-state index in [0.717, 1.165) is 0 Å². The Morgan fingerprint density at radius 2 is 1.77 bits per heavy atom. The molecule has 2 aromatic carbocycles. The summed E-state index contributed by atoms with van der Waals surface area (Å²) in [5.41, 5.74) is 1.34. The van der Waals surface area contributed by atoms with Crippen molar-refractivity contribution in [3.63, 3.8) is 0 Å². The Bertz CT molecular complexity index is 1140. The summed E-state index contributed by atoms with van der Waals surface area (Å²) in [6.07, 6.45) is 2.76. The number of carbonyl (C=O) groups is 2. The summed E-state index contributed by atoms with van der Waals surface area (Å²) in [4.78, 5) is 22.9. The molecule has 0 saturated heterocycles. The van der Waals surface area contributed by atoms with Gasteiger partial charge in [-0.15, -0.1) is 0 Å². The number of hydrogen-bond donors (Lipinski definition) is 3. The molecule has 0 aliphatic heterocycles. The molecule has 0 aliphatic rings. The van der Waals surface area contributed by atoms with Gasteiger partial charge in [-0.2, -0.15) is 0 Å². The first-order valence-corrected chi connectivity index (χ1v) is 9.67. The van der Waals surface area contributed by atoms with Crippen molar-refractivity contribution >= 4 is 64.2 Å². The van der Waals surface area contributed by atoms with Crippen LogP contribution in [0.3, 0.4) is 0 Å². The molecule has 152 valence electrons. The van der Waals surface area contributed by atoms with E-state index >= 15 is 0 Å². The number of carboxylic acids is 1. The van der Waals surface area contributed by atoms with E-state index < -0.39 is 11.9 Å². The first kappa shape index (κ1) is 21.6. The monoisotopic (exact) mass is 460 g/mol. The standard InChI is InChI=1S/C21H14Cl2N2O4S/c22-16-3-1-2-15(19(16)23)17-10-8-14(29-17)9-11-18(26)25-21(30)24-13-6-4-12(5-7-13)20(27)28/h1-11H,(H,27,28)(H2,24,25,26,30)/b11-9+. The number of thiocarbonyl (C=S) groups is 1. The molecule has 1 heterocycles. The smallest absolute Gasteiger partial charge is 0.335 e. The van der Waals surface area contributed by atoms with Crippen molar-refractivity contribution in [3.8, 4) is 11.3 Å². The van der Waals surface area contributed by atoms with Crippen LogP contribution in [0.1, 0.15) is 16.1 Å². The minimum atomic E-state index is -1.03. The van der Waals surface area contributed by atoms with Crippen LogP contribution < -0.4 is 10.6 Å². The molecule has 0 radical (unpaired) electrons. The highest BCUT2D eigenvalue weighted by molar-refractivity contribution is 7.80. The molecule has 3 rings (SSSR count). The molecule has 0 unspecified atom stereocenters. The third-order valence-electron chi connectivity index (χ3n) is 3.87. The SMILES string of the molecule is O=C(/C=C/c1ccc(-c2cccc(Cl)c2Cl)o1)NC(=S)Nc1ccc(C(=O)O)cc1. The van der Waals surface area contributed by atoms with Gasteiger partial charge in [-0.25, -0.2) is 4.79 Å². The molecule has 0 fully saturated rings. The van der Waals surface area contributed by atoms with Crippen LogP contribution >= 0.6 is 35.4 Å². The van der Waals surface area contributed by atoms with E-state index in [0.29, 0.717) is 32.8 Å². The number of hydrogen-bond acceptors (Lipinski definition) is 4. The van der Waals surface area contributed by atoms with Crippen LogP contribution in [0.2, 0.25) is 10.0 Å². The average molecular weight is 461 g/mol. The van der Waals surface area contributed by atoms with Gasteiger partial charge < -0.3 is 14.8 Å². The fourth-order valence-electron chi connectivity index (χ4n) is 2.45. The van der Waals surface area contributed by atoms with Gasteiger partial charge in [-0.3, -0.25) is 10.1 Å². The number of carboxylic acid groups (broad SMARTS) is 1. The van der Waals surface area contributed by atoms with Gasteiger partial charge in [-0.05, 0) is 66.8 Å². The zero-order chi connectivity index (χ0) is 21.7. The summed E-state index contributed by atoms with van der Waals surface area (Å²) < 4.78 is 5.68. The lowest BCUT2D eigenvalue weighted by atomic mass is 10.2. The van der Waals surface area contributed by atoms with Crippen molar-refractivity contribution < 1.29 is 19.1 Å². The number of halogens is 2. The van der Waals surface area contributed by atoms with Crippen LogP contribution in [0.4, 0.5) is 5.69 Å². The number of amides is 1. The number of carbonyl (C=O) groups excluding carboxylic acids is 1. The van der Waals surface area contributed by atoms with Crippen LogP contribution in [0.5, 0.6) is 0 Å². The van der Waals surface area contributed by atoms with Crippen molar-refractivity contribution in [3.05, 3.63) is 82.0 Å². The summed E-state index contributed by atoms with van der Waals surface area (Å²) in [7, 11) is 0. The molecule has 0 atom stereocenters. The van der Waals surface area contributed by atoms with Gasteiger partial charge in [0, 0.05) is 17.3 Å². The van der Waals surface area contributed by atoms with E-state index in [1.807, 2.05) is 0 Å². The minimum absolute atomic E-state index is 0.0681. The van der Waals surface area contributed by atoms with Crippen LogP contribution in [0.25, 0.3) is 17.4 Å². The molecule has 0 spiro atoms. The lowest BCUT2D eigenvalue weighted by Crippen LogP contribution is -2.32. The summed E-state index contributed by atoms with van der Waals surface area (Å²) in [5.74, 6) is -0.529. The molecular weight excluding hydrogens is 447 g/mol. The van der Waals surface area contributed by atoms with E-state index in [1.54, 1.807) is 42.5 Å². The van der Waals surface area contributed by atoms with E-state index in [4.69, 9.17) is 44.9 Å². The Balaban J connectivity index is 1.58. The number of anilines is 1. The van der Waals surface area contributed by atoms with Crippen molar-refractivity contribution in [1.82, 2.24) is 5.32 Å². The number of rotatable bonds is 5. The lowest BCUT2D eigenvalue weighted by Gasteiger charge is -2.08. The van der Waals surface area contributed by atoms with E-state index in [2.05, 4.69) is 10.6 Å². The largest absolute Gasteiger partial charge is 0.478 e. The van der Waals surface area contributed by atoms with Crippen LogP contribution in [0.15, 0.2) is 65.1 Å². The van der Waals surface area contributed by atoms with Gasteiger partial charge in [0.25, 0.3) is 0 Å². The third-order valence-corrected chi connectivity index (χ3v) is 4.89. The quantitative estimate of drug-likeness (QED) is 0.345. The number of benzene rings is 2. The zero-order valence-corrected chi connectivity index (χ0v) is 17.5. The second-order valence-electron chi connectivity index (χ2n) is 5.96. The molecule has 0 saturated carbocycles. The topological polar surface area (TPSA) is 91.6 Å². The van der Waals surface area contributed by atoms with Crippen LogP contribution in [-0.4, -0.2) is 22.1 Å². The maximum Gasteiger partial charge on any atom is 0.335 e. The predicted octanol–water partition coefficient (Wildman–Crippen LogP) is 5.48. The van der Waals surface area contributed by atoms with Crippen molar-refractivity contribution in [1.29, 1.82) is 0 Å². The fourth-order valence-corrected chi connectivity index (χ4v) is 3.06. The van der Waals surface area contributed by atoms with Gasteiger partial charge in [0.1, 0.15) is 11.5 Å². The molecule has 1 aromatic heterocycles. The molecule has 6 nitrogen and oxygen atoms in total. The van der Waals surface area contributed by atoms with E-state index in [1.165, 1.54) is 24.3 Å². The number of nitrogens with one attached hydrogen (secondary N) is 2. The summed E-state index contributed by atoms with van der Waals surface area (Å²) >= 11 is 17.3. The highest BCUT2D eigenvalue weighted by Crippen LogP contribution is 2.34. The van der Waals surface area contributed by atoms with Crippen molar-refractivity contribution in [2.45, 2.75) is 0 Å². The van der Waals surface area contributed by atoms with Gasteiger partial charge in [0.2, 0.25) is 5.91 Å². The van der Waals surface area contributed by atoms with Gasteiger partial charge in [-0.1, -0.05) is 29.3 Å². The van der Waals surface area contributed by atoms with Gasteiger partial charge >= 0.3 is 5.97 Å². The molecule has 0 bridgehead atoms. The third kappa shape index (κ3) is 5.48. The highest BCUT2D eigenvalue weighted by Gasteiger charge is 2.10. The predicted molar refractivity (Wildman–Crippen MR) is 121 cm³/mol. The summed E-state index contributed by atoms with van der Waals surface area (Å²) in [6, 6.07) is 14.6. The molecule has 3 aromatic rings. The maximum atomic E-state index is 12.1. The molecule has 9 heteroatoms. The van der Waals surface area contributed by atoms with E-state index in [9.17, 15) is 9.59 Å². The fraction of sp³-hybridized carbons (Fsp3) is 0. The highest BCUT2D eigenvalue weighted by atomic mass is 35.5. The Labute approximate surface area is 187 Å². The van der Waals surface area contributed by atoms with Crippen molar-refractivity contribution in [2.24, 2.45) is 0 Å². The second-order valence-corrected chi connectivity index (χ2v) is 7.16. The zero-order valence-electron chi connectivity index (χ0n) is 15.2. The van der Waals surface area contributed by atoms with Crippen molar-refractivity contribution in [2.75, 3.05) is 5.32 Å². The normalized spacial score (nSPS) is 10.7. The molecular formula is C21H14Cl2N2O4S.